The van der Waals surface area contributed by atoms with E-state index in [1.165, 1.54) is 0 Å². The highest BCUT2D eigenvalue weighted by molar-refractivity contribution is 5.77. The Kier molecular flexibility index (Phi) is 4.66. The van der Waals surface area contributed by atoms with E-state index < -0.39 is 23.4 Å². The van der Waals surface area contributed by atoms with E-state index in [1.54, 1.807) is 46.1 Å². The molecule has 0 radical (unpaired) electrons. The third-order valence-electron chi connectivity index (χ3n) is 4.80. The maximum absolute atomic E-state index is 12.9. The van der Waals surface area contributed by atoms with Crippen molar-refractivity contribution in [3.8, 4) is 5.75 Å². The van der Waals surface area contributed by atoms with E-state index in [0.717, 1.165) is 0 Å². The zero-order valence-electron chi connectivity index (χ0n) is 15.3. The molecule has 3 N–H and O–H groups in total. The van der Waals surface area contributed by atoms with Crippen molar-refractivity contribution in [2.45, 2.75) is 44.8 Å². The summed E-state index contributed by atoms with van der Waals surface area (Å²) < 4.78 is 10.7. The second-order valence-corrected chi connectivity index (χ2v) is 7.22. The average Bonchev–Trinajstić information content (AvgIpc) is 2.92. The number of carbonyl (C=O) groups is 1. The highest BCUT2D eigenvalue weighted by Crippen LogP contribution is 2.45. The van der Waals surface area contributed by atoms with Crippen molar-refractivity contribution >= 4 is 5.97 Å². The molecule has 0 saturated carbocycles. The summed E-state index contributed by atoms with van der Waals surface area (Å²) in [5.74, 6) is -1.48. The van der Waals surface area contributed by atoms with E-state index in [0.29, 0.717) is 22.6 Å². The van der Waals surface area contributed by atoms with Crippen molar-refractivity contribution < 1.29 is 19.4 Å². The zero-order chi connectivity index (χ0) is 19.1. The van der Waals surface area contributed by atoms with Gasteiger partial charge in [0.1, 0.15) is 5.75 Å². The molecule has 0 unspecified atom stereocenters. The van der Waals surface area contributed by atoms with Gasteiger partial charge in [-0.25, -0.2) is 0 Å². The number of H-pyrrole nitrogens is 2. The lowest BCUT2D eigenvalue weighted by atomic mass is 9.66. The highest BCUT2D eigenvalue weighted by Gasteiger charge is 2.51. The van der Waals surface area contributed by atoms with Gasteiger partial charge in [-0.05, 0) is 38.5 Å². The van der Waals surface area contributed by atoms with Gasteiger partial charge in [-0.2, -0.15) is 0 Å². The number of benzene rings is 1. The van der Waals surface area contributed by atoms with Crippen molar-refractivity contribution in [1.82, 2.24) is 10.2 Å². The van der Waals surface area contributed by atoms with Crippen LogP contribution in [0.25, 0.3) is 0 Å². The van der Waals surface area contributed by atoms with Crippen LogP contribution in [0.2, 0.25) is 0 Å². The van der Waals surface area contributed by atoms with Gasteiger partial charge in [0.05, 0.1) is 24.7 Å². The van der Waals surface area contributed by atoms with E-state index in [-0.39, 0.29) is 18.1 Å². The Morgan fingerprint density at radius 1 is 1.35 bits per heavy atom. The number of hydrogen-bond donors (Lipinski definition) is 3. The Balaban J connectivity index is 2.20. The molecule has 0 spiro atoms. The maximum atomic E-state index is 12.9. The molecule has 140 valence electrons. The molecule has 3 atom stereocenters. The van der Waals surface area contributed by atoms with Gasteiger partial charge in [-0.15, -0.1) is 0 Å². The van der Waals surface area contributed by atoms with E-state index in [9.17, 15) is 14.7 Å². The minimum atomic E-state index is -1.38. The summed E-state index contributed by atoms with van der Waals surface area (Å²) in [6, 6.07) is 7.18. The zero-order valence-corrected chi connectivity index (χ0v) is 15.3. The molecule has 0 saturated heterocycles. The van der Waals surface area contributed by atoms with Crippen LogP contribution in [-0.4, -0.2) is 40.1 Å². The minimum Gasteiger partial charge on any atom is -0.497 e. The molecular formula is C19H24N2O5. The van der Waals surface area contributed by atoms with Crippen molar-refractivity contribution in [1.29, 1.82) is 0 Å². The van der Waals surface area contributed by atoms with Crippen LogP contribution in [0.15, 0.2) is 29.1 Å². The fourth-order valence-corrected chi connectivity index (χ4v) is 3.76. The lowest BCUT2D eigenvalue weighted by molar-refractivity contribution is -0.163. The van der Waals surface area contributed by atoms with Crippen LogP contribution in [0, 0.1) is 5.92 Å². The van der Waals surface area contributed by atoms with Crippen LogP contribution in [0.5, 0.6) is 5.75 Å². The Labute approximate surface area is 151 Å². The predicted molar refractivity (Wildman–Crippen MR) is 95.3 cm³/mol. The molecular weight excluding hydrogens is 336 g/mol. The second-order valence-electron chi connectivity index (χ2n) is 7.22. The van der Waals surface area contributed by atoms with E-state index in [2.05, 4.69) is 10.2 Å². The smallest absolute Gasteiger partial charge is 0.313 e. The standard InChI is InChI=1S/C19H24N2O5/c1-10(2)26-18(23)16-14(11-6-5-7-12(8-11)25-4)15-13(9-19(16,3)24)20-21-17(15)22/h5-8,10,14,16,24H,9H2,1-4H3,(H2,20,21,22)/t14-,16+,19+/m1/s1. The van der Waals surface area contributed by atoms with Crippen LogP contribution in [0.3, 0.4) is 0 Å². The topological polar surface area (TPSA) is 104 Å². The van der Waals surface area contributed by atoms with Gasteiger partial charge >= 0.3 is 5.97 Å². The lowest BCUT2D eigenvalue weighted by Gasteiger charge is -2.40. The number of hydrogen-bond acceptors (Lipinski definition) is 5. The third kappa shape index (κ3) is 3.14. The van der Waals surface area contributed by atoms with Crippen molar-refractivity contribution in [3.63, 3.8) is 0 Å². The van der Waals surface area contributed by atoms with Gasteiger partial charge in [-0.3, -0.25) is 14.7 Å². The Hall–Kier alpha value is -2.54. The number of nitrogens with one attached hydrogen (secondary N) is 2. The number of fused-ring (bicyclic) bond motifs is 1. The predicted octanol–water partition coefficient (Wildman–Crippen LogP) is 1.72. The molecule has 1 aromatic carbocycles. The quantitative estimate of drug-likeness (QED) is 0.720. The molecule has 2 aromatic rings. The summed E-state index contributed by atoms with van der Waals surface area (Å²) in [5.41, 5.74) is 0.0849. The molecule has 1 aliphatic rings. The largest absolute Gasteiger partial charge is 0.497 e. The normalized spacial score (nSPS) is 25.0. The molecule has 0 fully saturated rings. The molecule has 1 aromatic heterocycles. The van der Waals surface area contributed by atoms with Crippen molar-refractivity contribution in [2.24, 2.45) is 5.92 Å². The number of rotatable bonds is 4. The number of aromatic nitrogens is 2. The Morgan fingerprint density at radius 3 is 2.73 bits per heavy atom. The number of carbonyl (C=O) groups excluding carboxylic acids is 1. The highest BCUT2D eigenvalue weighted by atomic mass is 16.5. The number of esters is 1. The summed E-state index contributed by atoms with van der Waals surface area (Å²) in [6.45, 7) is 5.11. The molecule has 1 heterocycles. The van der Waals surface area contributed by atoms with Crippen LogP contribution < -0.4 is 10.3 Å². The lowest BCUT2D eigenvalue weighted by Crippen LogP contribution is -2.50. The molecule has 0 bridgehead atoms. The molecule has 1 aliphatic carbocycles. The van der Waals surface area contributed by atoms with Crippen LogP contribution in [-0.2, 0) is 16.0 Å². The first-order valence-corrected chi connectivity index (χ1v) is 8.61. The van der Waals surface area contributed by atoms with Crippen LogP contribution in [0.1, 0.15) is 43.5 Å². The Bertz CT molecular complexity index is 865. The first-order chi connectivity index (χ1) is 12.2. The van der Waals surface area contributed by atoms with Crippen LogP contribution in [0.4, 0.5) is 0 Å². The summed E-state index contributed by atoms with van der Waals surface area (Å²) in [4.78, 5) is 25.3. The molecule has 7 nitrogen and oxygen atoms in total. The van der Waals surface area contributed by atoms with Crippen molar-refractivity contribution in [2.75, 3.05) is 7.11 Å². The number of ether oxygens (including phenoxy) is 2. The first kappa shape index (κ1) is 18.3. The van der Waals surface area contributed by atoms with Gasteiger partial charge < -0.3 is 19.7 Å². The van der Waals surface area contributed by atoms with Gasteiger partial charge in [0, 0.05) is 23.6 Å². The first-order valence-electron chi connectivity index (χ1n) is 8.61. The number of aliphatic hydroxyl groups is 1. The fraction of sp³-hybridized carbons (Fsp3) is 0.474. The second kappa shape index (κ2) is 6.64. The minimum absolute atomic E-state index is 0.152. The molecule has 0 aliphatic heterocycles. The number of methoxy groups -OCH3 is 1. The monoisotopic (exact) mass is 360 g/mol. The van der Waals surface area contributed by atoms with E-state index in [4.69, 9.17) is 9.47 Å². The third-order valence-corrected chi connectivity index (χ3v) is 4.80. The Morgan fingerprint density at radius 2 is 2.08 bits per heavy atom. The summed E-state index contributed by atoms with van der Waals surface area (Å²) >= 11 is 0. The summed E-state index contributed by atoms with van der Waals surface area (Å²) in [5, 5.41) is 16.5. The van der Waals surface area contributed by atoms with Crippen molar-refractivity contribution in [3.05, 3.63) is 51.4 Å². The van der Waals surface area contributed by atoms with Gasteiger partial charge in [0.15, 0.2) is 0 Å². The molecule has 0 amide bonds. The van der Waals surface area contributed by atoms with Gasteiger partial charge in [0.25, 0.3) is 5.56 Å². The molecule has 7 heteroatoms. The van der Waals surface area contributed by atoms with E-state index in [1.807, 2.05) is 6.07 Å². The van der Waals surface area contributed by atoms with Crippen LogP contribution >= 0.6 is 0 Å². The average molecular weight is 360 g/mol. The summed E-state index contributed by atoms with van der Waals surface area (Å²) in [7, 11) is 1.55. The SMILES string of the molecule is COc1cccc([C@@H]2c3c([nH][nH]c3=O)C[C@](C)(O)[C@@H]2C(=O)OC(C)C)c1. The summed E-state index contributed by atoms with van der Waals surface area (Å²) in [6.07, 6.45) is -0.172. The maximum Gasteiger partial charge on any atom is 0.313 e. The van der Waals surface area contributed by atoms with E-state index >= 15 is 0 Å². The molecule has 3 rings (SSSR count). The molecule has 26 heavy (non-hydrogen) atoms. The fourth-order valence-electron chi connectivity index (χ4n) is 3.76. The van der Waals surface area contributed by atoms with Gasteiger partial charge in [0.2, 0.25) is 0 Å². The number of aromatic amines is 2. The van der Waals surface area contributed by atoms with Gasteiger partial charge in [-0.1, -0.05) is 12.1 Å².